The minimum atomic E-state index is -1.13. The van der Waals surface area contributed by atoms with Gasteiger partial charge in [-0.25, -0.2) is 9.78 Å². The minimum Gasteiger partial charge on any atom is -0.477 e. The lowest BCUT2D eigenvalue weighted by Gasteiger charge is -2.08. The summed E-state index contributed by atoms with van der Waals surface area (Å²) >= 11 is 1.61. The Morgan fingerprint density at radius 3 is 2.63 bits per heavy atom. The lowest BCUT2D eigenvalue weighted by atomic mass is 10.2. The first-order chi connectivity index (χ1) is 9.10. The molecule has 0 saturated heterocycles. The number of nitrogen functional groups attached to an aromatic ring is 1. The van der Waals surface area contributed by atoms with E-state index in [2.05, 4.69) is 4.98 Å². The normalized spacial score (nSPS) is 10.2. The average Bonchev–Trinajstić information content (AvgIpc) is 2.41. The fourth-order valence-corrected chi connectivity index (χ4v) is 1.87. The molecule has 1 heterocycles. The second kappa shape index (κ2) is 5.62. The van der Waals surface area contributed by atoms with Crippen LogP contribution in [0.15, 0.2) is 41.4 Å². The summed E-state index contributed by atoms with van der Waals surface area (Å²) < 4.78 is 5.47. The molecule has 0 bridgehead atoms. The van der Waals surface area contributed by atoms with Gasteiger partial charge >= 0.3 is 5.97 Å². The van der Waals surface area contributed by atoms with E-state index in [4.69, 9.17) is 15.6 Å². The third-order valence-corrected chi connectivity index (χ3v) is 3.12. The van der Waals surface area contributed by atoms with Gasteiger partial charge in [0, 0.05) is 4.90 Å². The zero-order valence-electron chi connectivity index (χ0n) is 10.2. The van der Waals surface area contributed by atoms with Crippen LogP contribution < -0.4 is 10.5 Å². The highest BCUT2D eigenvalue weighted by Crippen LogP contribution is 2.26. The van der Waals surface area contributed by atoms with Crippen LogP contribution in [0.25, 0.3) is 0 Å². The number of hydrogen-bond donors (Lipinski definition) is 2. The van der Waals surface area contributed by atoms with Crippen LogP contribution in [0.5, 0.6) is 11.6 Å². The zero-order chi connectivity index (χ0) is 13.8. The number of ether oxygens (including phenoxy) is 1. The van der Waals surface area contributed by atoms with Crippen molar-refractivity contribution in [3.63, 3.8) is 0 Å². The number of aromatic carboxylic acids is 1. The summed E-state index contributed by atoms with van der Waals surface area (Å²) in [6.45, 7) is 0. The van der Waals surface area contributed by atoms with Crippen LogP contribution in [-0.2, 0) is 0 Å². The van der Waals surface area contributed by atoms with Gasteiger partial charge < -0.3 is 15.6 Å². The summed E-state index contributed by atoms with van der Waals surface area (Å²) in [5.74, 6) is -0.577. The molecule has 0 aliphatic heterocycles. The molecule has 0 radical (unpaired) electrons. The van der Waals surface area contributed by atoms with Crippen LogP contribution in [0.3, 0.4) is 0 Å². The summed E-state index contributed by atoms with van der Waals surface area (Å²) in [7, 11) is 0. The van der Waals surface area contributed by atoms with E-state index >= 15 is 0 Å². The summed E-state index contributed by atoms with van der Waals surface area (Å²) in [6.07, 6.45) is 3.33. The van der Waals surface area contributed by atoms with E-state index in [1.54, 1.807) is 23.9 Å². The Balaban J connectivity index is 2.29. The van der Waals surface area contributed by atoms with E-state index in [0.717, 1.165) is 4.90 Å². The molecule has 2 aromatic rings. The quantitative estimate of drug-likeness (QED) is 0.835. The van der Waals surface area contributed by atoms with Gasteiger partial charge in [-0.1, -0.05) is 0 Å². The molecular weight excluding hydrogens is 264 g/mol. The SMILES string of the molecule is CSc1ccc(Oc2ncc(N)cc2C(=O)O)cc1. The number of carbonyl (C=O) groups is 1. The molecule has 0 aliphatic carbocycles. The Morgan fingerprint density at radius 1 is 1.37 bits per heavy atom. The average molecular weight is 276 g/mol. The Kier molecular flexibility index (Phi) is 3.91. The lowest BCUT2D eigenvalue weighted by molar-refractivity contribution is 0.0693. The van der Waals surface area contributed by atoms with Crippen molar-refractivity contribution in [2.24, 2.45) is 0 Å². The maximum absolute atomic E-state index is 11.1. The molecule has 0 fully saturated rings. The van der Waals surface area contributed by atoms with Gasteiger partial charge in [0.05, 0.1) is 11.9 Å². The molecule has 6 heteroatoms. The number of aromatic nitrogens is 1. The van der Waals surface area contributed by atoms with Crippen molar-refractivity contribution < 1.29 is 14.6 Å². The molecule has 2 rings (SSSR count). The number of hydrogen-bond acceptors (Lipinski definition) is 5. The lowest BCUT2D eigenvalue weighted by Crippen LogP contribution is -2.03. The Bertz CT molecular complexity index is 599. The number of thioether (sulfide) groups is 1. The Hall–Kier alpha value is -2.21. The van der Waals surface area contributed by atoms with Crippen LogP contribution in [0.1, 0.15) is 10.4 Å². The molecule has 1 aromatic carbocycles. The highest BCUT2D eigenvalue weighted by molar-refractivity contribution is 7.98. The van der Waals surface area contributed by atoms with Gasteiger partial charge in [0.2, 0.25) is 5.88 Å². The fraction of sp³-hybridized carbons (Fsp3) is 0.0769. The van der Waals surface area contributed by atoms with Crippen LogP contribution >= 0.6 is 11.8 Å². The van der Waals surface area contributed by atoms with Crippen molar-refractivity contribution in [3.05, 3.63) is 42.1 Å². The summed E-state index contributed by atoms with van der Waals surface area (Å²) in [5.41, 5.74) is 5.73. The first-order valence-electron chi connectivity index (χ1n) is 5.41. The molecule has 98 valence electrons. The fourth-order valence-electron chi connectivity index (χ4n) is 1.46. The molecule has 0 aliphatic rings. The maximum Gasteiger partial charge on any atom is 0.341 e. The number of nitrogens with two attached hydrogens (primary N) is 1. The first kappa shape index (κ1) is 13.2. The standard InChI is InChI=1S/C13H12N2O3S/c1-19-10-4-2-9(3-5-10)18-12-11(13(16)17)6-8(14)7-15-12/h2-7H,14H2,1H3,(H,16,17). The maximum atomic E-state index is 11.1. The van der Waals surface area contributed by atoms with Crippen molar-refractivity contribution in [2.75, 3.05) is 12.0 Å². The van der Waals surface area contributed by atoms with E-state index in [1.165, 1.54) is 12.3 Å². The van der Waals surface area contributed by atoms with Crippen molar-refractivity contribution in [2.45, 2.75) is 4.90 Å². The van der Waals surface area contributed by atoms with Gasteiger partial charge in [-0.05, 0) is 36.6 Å². The molecule has 3 N–H and O–H groups in total. The van der Waals surface area contributed by atoms with Gasteiger partial charge in [0.1, 0.15) is 11.3 Å². The smallest absolute Gasteiger partial charge is 0.341 e. The van der Waals surface area contributed by atoms with Gasteiger partial charge in [-0.15, -0.1) is 11.8 Å². The molecular formula is C13H12N2O3S. The highest BCUT2D eigenvalue weighted by Gasteiger charge is 2.14. The topological polar surface area (TPSA) is 85.4 Å². The van der Waals surface area contributed by atoms with Crippen molar-refractivity contribution in [1.82, 2.24) is 4.98 Å². The number of carboxylic acids is 1. The van der Waals surface area contributed by atoms with E-state index in [9.17, 15) is 4.79 Å². The van der Waals surface area contributed by atoms with E-state index in [1.807, 2.05) is 18.4 Å². The van der Waals surface area contributed by atoms with E-state index in [0.29, 0.717) is 5.75 Å². The van der Waals surface area contributed by atoms with Gasteiger partial charge in [-0.3, -0.25) is 0 Å². The number of carboxylic acid groups (broad SMARTS) is 1. The molecule has 0 saturated carbocycles. The largest absolute Gasteiger partial charge is 0.477 e. The molecule has 0 unspecified atom stereocenters. The van der Waals surface area contributed by atoms with Crippen molar-refractivity contribution in [1.29, 1.82) is 0 Å². The third kappa shape index (κ3) is 3.17. The van der Waals surface area contributed by atoms with Crippen LogP contribution in [-0.4, -0.2) is 22.3 Å². The number of pyridine rings is 1. The van der Waals surface area contributed by atoms with Gasteiger partial charge in [-0.2, -0.15) is 0 Å². The molecule has 0 spiro atoms. The first-order valence-corrected chi connectivity index (χ1v) is 6.63. The van der Waals surface area contributed by atoms with Gasteiger partial charge in [0.25, 0.3) is 0 Å². The Labute approximate surface area is 114 Å². The van der Waals surface area contributed by atoms with E-state index < -0.39 is 5.97 Å². The predicted molar refractivity (Wildman–Crippen MR) is 73.9 cm³/mol. The highest BCUT2D eigenvalue weighted by atomic mass is 32.2. The number of rotatable bonds is 4. The number of benzene rings is 1. The molecule has 1 aromatic heterocycles. The van der Waals surface area contributed by atoms with E-state index in [-0.39, 0.29) is 17.1 Å². The summed E-state index contributed by atoms with van der Waals surface area (Å²) in [6, 6.07) is 8.61. The molecule has 19 heavy (non-hydrogen) atoms. The monoisotopic (exact) mass is 276 g/mol. The van der Waals surface area contributed by atoms with Crippen LogP contribution in [0, 0.1) is 0 Å². The van der Waals surface area contributed by atoms with Crippen LogP contribution in [0.4, 0.5) is 5.69 Å². The number of anilines is 1. The summed E-state index contributed by atoms with van der Waals surface area (Å²) in [5, 5.41) is 9.07. The molecule has 0 atom stereocenters. The second-order valence-electron chi connectivity index (χ2n) is 3.70. The van der Waals surface area contributed by atoms with Crippen LogP contribution in [0.2, 0.25) is 0 Å². The van der Waals surface area contributed by atoms with Gasteiger partial charge in [0.15, 0.2) is 0 Å². The van der Waals surface area contributed by atoms with Crippen molar-refractivity contribution >= 4 is 23.4 Å². The molecule has 5 nitrogen and oxygen atoms in total. The zero-order valence-corrected chi connectivity index (χ0v) is 11.0. The molecule has 0 amide bonds. The Morgan fingerprint density at radius 2 is 2.05 bits per heavy atom. The third-order valence-electron chi connectivity index (χ3n) is 2.38. The minimum absolute atomic E-state index is 0.0265. The van der Waals surface area contributed by atoms with Crippen molar-refractivity contribution in [3.8, 4) is 11.6 Å². The number of nitrogens with zero attached hydrogens (tertiary/aromatic N) is 1. The summed E-state index contributed by atoms with van der Waals surface area (Å²) in [4.78, 5) is 16.1. The predicted octanol–water partition coefficient (Wildman–Crippen LogP) is 2.88. The second-order valence-corrected chi connectivity index (χ2v) is 4.58.